The number of anilines is 1. The molecule has 124 valence electrons. The van der Waals surface area contributed by atoms with Gasteiger partial charge in [-0.1, -0.05) is 6.07 Å². The van der Waals surface area contributed by atoms with Gasteiger partial charge in [-0.25, -0.2) is 10.2 Å². The van der Waals surface area contributed by atoms with Gasteiger partial charge in [-0.15, -0.1) is 11.3 Å². The highest BCUT2D eigenvalue weighted by atomic mass is 32.1. The predicted molar refractivity (Wildman–Crippen MR) is 91.1 cm³/mol. The molecule has 0 unspecified atom stereocenters. The zero-order chi connectivity index (χ0) is 17.4. The number of esters is 1. The van der Waals surface area contributed by atoms with Gasteiger partial charge in [-0.05, 0) is 42.6 Å². The third kappa shape index (κ3) is 5.03. The Morgan fingerprint density at radius 1 is 1.17 bits per heavy atom. The number of carbonyl (C=O) groups is 3. The Kier molecular flexibility index (Phi) is 6.21. The summed E-state index contributed by atoms with van der Waals surface area (Å²) in [5.41, 5.74) is 2.88. The van der Waals surface area contributed by atoms with Crippen molar-refractivity contribution in [2.24, 2.45) is 5.10 Å². The first-order chi connectivity index (χ1) is 11.6. The fraction of sp³-hybridized carbons (Fsp3) is 0.125. The van der Waals surface area contributed by atoms with Crippen molar-refractivity contribution >= 4 is 41.0 Å². The number of carbonyl (C=O) groups excluding carboxylic acids is 3. The largest absolute Gasteiger partial charge is 0.462 e. The molecular formula is C16H15N3O4S. The van der Waals surface area contributed by atoms with Crippen LogP contribution in [0.2, 0.25) is 0 Å². The van der Waals surface area contributed by atoms with Crippen LogP contribution in [-0.4, -0.2) is 30.6 Å². The Morgan fingerprint density at radius 3 is 2.54 bits per heavy atom. The maximum absolute atomic E-state index is 11.7. The number of nitrogens with zero attached hydrogens (tertiary/aromatic N) is 1. The van der Waals surface area contributed by atoms with E-state index < -0.39 is 17.8 Å². The van der Waals surface area contributed by atoms with Crippen LogP contribution in [0.3, 0.4) is 0 Å². The Morgan fingerprint density at radius 2 is 1.92 bits per heavy atom. The second-order valence-electron chi connectivity index (χ2n) is 4.47. The molecule has 0 atom stereocenters. The van der Waals surface area contributed by atoms with Crippen molar-refractivity contribution in [1.29, 1.82) is 0 Å². The fourth-order valence-electron chi connectivity index (χ4n) is 1.66. The molecule has 1 heterocycles. The van der Waals surface area contributed by atoms with Crippen molar-refractivity contribution in [3.8, 4) is 0 Å². The monoisotopic (exact) mass is 345 g/mol. The summed E-state index contributed by atoms with van der Waals surface area (Å²) >= 11 is 1.45. The third-order valence-electron chi connectivity index (χ3n) is 2.76. The van der Waals surface area contributed by atoms with Gasteiger partial charge in [-0.2, -0.15) is 5.10 Å². The second kappa shape index (κ2) is 8.59. The predicted octanol–water partition coefficient (Wildman–Crippen LogP) is 2.01. The molecule has 0 bridgehead atoms. The van der Waals surface area contributed by atoms with Gasteiger partial charge in [0.15, 0.2) is 0 Å². The quantitative estimate of drug-likeness (QED) is 0.375. The van der Waals surface area contributed by atoms with E-state index in [1.165, 1.54) is 41.8 Å². The maximum Gasteiger partial charge on any atom is 0.338 e. The molecule has 0 saturated carbocycles. The van der Waals surface area contributed by atoms with Gasteiger partial charge in [0.2, 0.25) is 0 Å². The smallest absolute Gasteiger partial charge is 0.338 e. The minimum atomic E-state index is -0.891. The number of hydrazone groups is 1. The standard InChI is InChI=1S/C16H15N3O4S/c1-2-23-16(22)11-5-7-12(8-6-11)18-14(20)15(21)19-17-10-13-4-3-9-24-13/h3-10H,2H2,1H3,(H,18,20)(H,19,21)/b17-10-. The van der Waals surface area contributed by atoms with Gasteiger partial charge in [0.1, 0.15) is 0 Å². The summed E-state index contributed by atoms with van der Waals surface area (Å²) < 4.78 is 4.86. The van der Waals surface area contributed by atoms with Crippen molar-refractivity contribution < 1.29 is 19.1 Å². The fourth-order valence-corrected chi connectivity index (χ4v) is 2.25. The molecule has 24 heavy (non-hydrogen) atoms. The van der Waals surface area contributed by atoms with Crippen molar-refractivity contribution in [3.05, 3.63) is 52.2 Å². The molecule has 0 saturated heterocycles. The molecule has 2 rings (SSSR count). The Labute approximate surface area is 142 Å². The lowest BCUT2D eigenvalue weighted by Gasteiger charge is -2.05. The molecule has 1 aromatic carbocycles. The van der Waals surface area contributed by atoms with E-state index in [-0.39, 0.29) is 6.61 Å². The van der Waals surface area contributed by atoms with Gasteiger partial charge < -0.3 is 10.1 Å². The summed E-state index contributed by atoms with van der Waals surface area (Å²) in [4.78, 5) is 35.7. The maximum atomic E-state index is 11.7. The number of hydrogen-bond donors (Lipinski definition) is 2. The van der Waals surface area contributed by atoms with Crippen LogP contribution >= 0.6 is 11.3 Å². The number of rotatable bonds is 5. The first-order valence-electron chi connectivity index (χ1n) is 7.05. The minimum absolute atomic E-state index is 0.281. The van der Waals surface area contributed by atoms with E-state index in [9.17, 15) is 14.4 Å². The molecule has 7 nitrogen and oxygen atoms in total. The van der Waals surface area contributed by atoms with Gasteiger partial charge in [0.05, 0.1) is 18.4 Å². The van der Waals surface area contributed by atoms with Crippen LogP contribution in [-0.2, 0) is 14.3 Å². The molecule has 0 radical (unpaired) electrons. The summed E-state index contributed by atoms with van der Waals surface area (Å²) in [7, 11) is 0. The lowest BCUT2D eigenvalue weighted by Crippen LogP contribution is -2.32. The van der Waals surface area contributed by atoms with Crippen LogP contribution < -0.4 is 10.7 Å². The van der Waals surface area contributed by atoms with Gasteiger partial charge in [-0.3, -0.25) is 9.59 Å². The number of hydrogen-bond acceptors (Lipinski definition) is 6. The molecule has 0 aliphatic carbocycles. The van der Waals surface area contributed by atoms with Gasteiger partial charge in [0.25, 0.3) is 0 Å². The Bertz CT molecular complexity index is 739. The van der Waals surface area contributed by atoms with E-state index in [1.807, 2.05) is 17.5 Å². The third-order valence-corrected chi connectivity index (χ3v) is 3.57. The molecule has 2 amide bonds. The highest BCUT2D eigenvalue weighted by molar-refractivity contribution is 7.11. The van der Waals surface area contributed by atoms with E-state index in [2.05, 4.69) is 15.8 Å². The SMILES string of the molecule is CCOC(=O)c1ccc(NC(=O)C(=O)N/N=C\c2cccs2)cc1. The summed E-state index contributed by atoms with van der Waals surface area (Å²) in [5.74, 6) is -2.20. The van der Waals surface area contributed by atoms with E-state index in [4.69, 9.17) is 4.74 Å². The number of thiophene rings is 1. The molecular weight excluding hydrogens is 330 g/mol. The topological polar surface area (TPSA) is 96.9 Å². The zero-order valence-electron chi connectivity index (χ0n) is 12.8. The van der Waals surface area contributed by atoms with Crippen LogP contribution in [0.4, 0.5) is 5.69 Å². The van der Waals surface area contributed by atoms with Gasteiger partial charge >= 0.3 is 17.8 Å². The average molecular weight is 345 g/mol. The molecule has 0 fully saturated rings. The number of benzene rings is 1. The zero-order valence-corrected chi connectivity index (χ0v) is 13.6. The molecule has 0 spiro atoms. The summed E-state index contributed by atoms with van der Waals surface area (Å²) in [6, 6.07) is 9.69. The van der Waals surface area contributed by atoms with Crippen LogP contribution in [0.15, 0.2) is 46.9 Å². The summed E-state index contributed by atoms with van der Waals surface area (Å²) in [6.45, 7) is 2.00. The normalized spacial score (nSPS) is 10.4. The van der Waals surface area contributed by atoms with Gasteiger partial charge in [0, 0.05) is 10.6 Å². The van der Waals surface area contributed by atoms with Crippen molar-refractivity contribution in [3.63, 3.8) is 0 Å². The van der Waals surface area contributed by atoms with E-state index in [1.54, 1.807) is 6.92 Å². The minimum Gasteiger partial charge on any atom is -0.462 e. The number of ether oxygens (including phenoxy) is 1. The van der Waals surface area contributed by atoms with E-state index in [0.29, 0.717) is 11.3 Å². The van der Waals surface area contributed by atoms with Crippen LogP contribution in [0, 0.1) is 0 Å². The molecule has 2 aromatic rings. The highest BCUT2D eigenvalue weighted by Crippen LogP contribution is 2.10. The lowest BCUT2D eigenvalue weighted by molar-refractivity contribution is -0.136. The number of amides is 2. The van der Waals surface area contributed by atoms with Crippen LogP contribution in [0.1, 0.15) is 22.2 Å². The average Bonchev–Trinajstić information content (AvgIpc) is 3.09. The second-order valence-corrected chi connectivity index (χ2v) is 5.45. The van der Waals surface area contributed by atoms with Crippen LogP contribution in [0.5, 0.6) is 0 Å². The van der Waals surface area contributed by atoms with Crippen LogP contribution in [0.25, 0.3) is 0 Å². The first-order valence-corrected chi connectivity index (χ1v) is 7.93. The lowest BCUT2D eigenvalue weighted by atomic mass is 10.2. The number of nitrogens with one attached hydrogen (secondary N) is 2. The summed E-state index contributed by atoms with van der Waals surface area (Å²) in [6.07, 6.45) is 1.45. The summed E-state index contributed by atoms with van der Waals surface area (Å²) in [5, 5.41) is 7.98. The van der Waals surface area contributed by atoms with E-state index >= 15 is 0 Å². The molecule has 2 N–H and O–H groups in total. The van der Waals surface area contributed by atoms with Crippen molar-refractivity contribution in [2.45, 2.75) is 6.92 Å². The molecule has 8 heteroatoms. The molecule has 0 aliphatic rings. The first kappa shape index (κ1) is 17.4. The Balaban J connectivity index is 1.87. The molecule has 1 aromatic heterocycles. The van der Waals surface area contributed by atoms with Crippen molar-refractivity contribution in [2.75, 3.05) is 11.9 Å². The van der Waals surface area contributed by atoms with Crippen molar-refractivity contribution in [1.82, 2.24) is 5.43 Å². The molecule has 0 aliphatic heterocycles. The highest BCUT2D eigenvalue weighted by Gasteiger charge is 2.13. The van der Waals surface area contributed by atoms with E-state index in [0.717, 1.165) is 4.88 Å². The Hall–Kier alpha value is -3.00.